The number of carbonyl (C=O) groups excluding carboxylic acids is 12. The molecule has 38 nitrogen and oxygen atoms in total. The number of nitrogens with one attached hydrogen (secondary N) is 9. The number of methoxy groups -OCH3 is 4. The van der Waals surface area contributed by atoms with E-state index in [2.05, 4.69) is 120 Å². The van der Waals surface area contributed by atoms with Gasteiger partial charge in [-0.25, -0.2) is 33.8 Å². The number of carbonyl (C=O) groups is 12. The topological polar surface area (TPSA) is 478 Å². The van der Waals surface area contributed by atoms with Crippen molar-refractivity contribution in [3.63, 3.8) is 0 Å². The van der Waals surface area contributed by atoms with Crippen LogP contribution in [0.4, 0.5) is 19.2 Å². The first kappa shape index (κ1) is 90.9. The zero-order chi connectivity index (χ0) is 96.9. The second kappa shape index (κ2) is 37.7. The highest BCUT2D eigenvalue weighted by Gasteiger charge is 2.53. The van der Waals surface area contributed by atoms with Gasteiger partial charge in [0, 0.05) is 112 Å². The Balaban J connectivity index is 0.000000127. The fourth-order valence-corrected chi connectivity index (χ4v) is 16.2. The minimum absolute atomic E-state index is 0.0828. The number of aromatic nitrogens is 8. The number of benzene rings is 7. The summed E-state index contributed by atoms with van der Waals surface area (Å²) in [5, 5.41) is 33.7. The lowest BCUT2D eigenvalue weighted by Crippen LogP contribution is -2.54. The molecule has 688 valence electrons. The Labute approximate surface area is 785 Å². The number of aromatic amines is 1. The van der Waals surface area contributed by atoms with Crippen LogP contribution in [-0.2, 0) is 45.4 Å². The number of hydrogen-bond donors (Lipinski definition) is 10. The summed E-state index contributed by atoms with van der Waals surface area (Å²) in [7, 11) is 6.10. The SMILES string of the molecule is COc1ccc2c(c1)C(=O)N(C[C@@]1(C#Cc3ccc(-c4ccc(C)[nH]c4=O)nc3)NC(=O)NC1=O)C2.COc1ccc2c(c1)C(=O)N(C[C@@]1(C#Cc3ccc(-c4cccc(C)c4O)nc3)NC(=O)NC1=O)C2.COc1ccc2c(c1)C(=O)N(C[C@@]1(C#Cc3ccc(-n4ccnc4)cc3)NC(=O)NC1=O)C2.COc1ccc2c(c1)C(=O)N(C[C@@]1(C#Cc3ccc(-n4cncn4)cc3)NC(=O)NC1=O)C2. The molecule has 0 saturated carbocycles. The maximum Gasteiger partial charge on any atom is 0.323 e. The van der Waals surface area contributed by atoms with Gasteiger partial charge in [0.15, 0.2) is 0 Å². The Bertz CT molecular complexity index is 7180. The van der Waals surface area contributed by atoms with Gasteiger partial charge < -0.3 is 74.5 Å². The predicted octanol–water partition coefficient (Wildman–Crippen LogP) is 6.02. The molecule has 138 heavy (non-hydrogen) atoms. The Morgan fingerprint density at radius 1 is 0.384 bits per heavy atom. The van der Waals surface area contributed by atoms with Crippen LogP contribution < -0.4 is 67.0 Å². The van der Waals surface area contributed by atoms with Crippen molar-refractivity contribution in [1.29, 1.82) is 0 Å². The van der Waals surface area contributed by atoms with Gasteiger partial charge in [0.25, 0.3) is 52.8 Å². The highest BCUT2D eigenvalue weighted by Crippen LogP contribution is 2.36. The molecule has 10 N–H and O–H groups in total. The van der Waals surface area contributed by atoms with E-state index in [4.69, 9.17) is 18.9 Å². The molecule has 0 aliphatic carbocycles. The number of amides is 16. The number of rotatable bonds is 16. The fourth-order valence-electron chi connectivity index (χ4n) is 16.2. The molecule has 7 aromatic carbocycles. The number of H-pyrrole nitrogens is 1. The number of aryl methyl sites for hydroxylation is 2. The van der Waals surface area contributed by atoms with Gasteiger partial charge in [-0.3, -0.25) is 74.4 Å². The molecule has 4 atom stereocenters. The first-order valence-electron chi connectivity index (χ1n) is 42.5. The van der Waals surface area contributed by atoms with Crippen LogP contribution in [-0.4, -0.2) is 212 Å². The molecular weight excluding hydrogens is 1770 g/mol. The summed E-state index contributed by atoms with van der Waals surface area (Å²) in [6.45, 7) is 4.31. The van der Waals surface area contributed by atoms with E-state index in [1.54, 1.807) is 159 Å². The zero-order valence-electron chi connectivity index (χ0n) is 74.2. The van der Waals surface area contributed by atoms with Crippen LogP contribution in [0.5, 0.6) is 28.7 Å². The van der Waals surface area contributed by atoms with E-state index >= 15 is 0 Å². The van der Waals surface area contributed by atoms with Gasteiger partial charge in [-0.1, -0.05) is 83.8 Å². The second-order valence-corrected chi connectivity index (χ2v) is 32.6. The van der Waals surface area contributed by atoms with Gasteiger partial charge in [0.2, 0.25) is 22.2 Å². The molecule has 4 saturated heterocycles. The van der Waals surface area contributed by atoms with Crippen molar-refractivity contribution in [3.8, 4) is 110 Å². The number of fused-ring (bicyclic) bond motifs is 4. The molecule has 5 aromatic heterocycles. The van der Waals surface area contributed by atoms with Crippen LogP contribution in [0.2, 0.25) is 0 Å². The summed E-state index contributed by atoms with van der Waals surface area (Å²) in [5.74, 6) is 22.1. The third-order valence-electron chi connectivity index (χ3n) is 23.5. The van der Waals surface area contributed by atoms with E-state index in [1.165, 1.54) is 66.8 Å². The van der Waals surface area contributed by atoms with Crippen molar-refractivity contribution < 1.29 is 81.6 Å². The van der Waals surface area contributed by atoms with Gasteiger partial charge >= 0.3 is 24.1 Å². The lowest BCUT2D eigenvalue weighted by molar-refractivity contribution is -0.123. The highest BCUT2D eigenvalue weighted by atomic mass is 16.5. The molecule has 0 radical (unpaired) electrons. The van der Waals surface area contributed by atoms with Crippen molar-refractivity contribution in [2.24, 2.45) is 0 Å². The lowest BCUT2D eigenvalue weighted by Gasteiger charge is -2.26. The minimum Gasteiger partial charge on any atom is -0.507 e. The van der Waals surface area contributed by atoms with Crippen LogP contribution in [0.15, 0.2) is 224 Å². The molecule has 20 rings (SSSR count). The molecule has 13 heterocycles. The summed E-state index contributed by atoms with van der Waals surface area (Å²) < 4.78 is 24.3. The molecule has 0 spiro atoms. The maximum atomic E-state index is 13.0. The fraction of sp³-hybridized carbons (Fsp3) is 0.180. The average Bonchev–Trinajstić information content (AvgIpc) is 1.61. The molecule has 0 bridgehead atoms. The number of nitrogens with zero attached hydrogens (tertiary/aromatic N) is 11. The largest absolute Gasteiger partial charge is 0.507 e. The van der Waals surface area contributed by atoms with E-state index in [0.29, 0.717) is 103 Å². The van der Waals surface area contributed by atoms with E-state index < -0.39 is 69.9 Å². The first-order valence-corrected chi connectivity index (χ1v) is 42.5. The van der Waals surface area contributed by atoms with E-state index in [0.717, 1.165) is 44.9 Å². The van der Waals surface area contributed by atoms with E-state index in [1.807, 2.05) is 65.4 Å². The Morgan fingerprint density at radius 2 is 0.746 bits per heavy atom. The molecule has 4 fully saturated rings. The van der Waals surface area contributed by atoms with E-state index in [-0.39, 0.29) is 74.2 Å². The summed E-state index contributed by atoms with van der Waals surface area (Å²) in [4.78, 5) is 189. The first-order chi connectivity index (χ1) is 66.5. The van der Waals surface area contributed by atoms with Gasteiger partial charge in [0.1, 0.15) is 41.4 Å². The van der Waals surface area contributed by atoms with Gasteiger partial charge in [-0.2, -0.15) is 5.10 Å². The van der Waals surface area contributed by atoms with Gasteiger partial charge in [-0.15, -0.1) is 0 Å². The quantitative estimate of drug-likeness (QED) is 0.0390. The molecule has 8 aliphatic heterocycles. The standard InChI is InChI=1S/C27H22N4O5.C26H21N5O5.C24H19N5O4.C23H18N6O4/c1-16-4-3-5-20(23(16)32)22-9-6-17(13-28-22)10-11-27(25(34)29-26(35)30-27)15-31-14-18-7-8-19(36-2)12-21(18)24(31)33;1-15-3-7-19(22(32)28-15)21-8-4-16(12-27-21)9-10-26(24(34)29-25(35)30-26)14-31-13-17-5-6-18(36-2)11-20(17)23(31)33;1-33-19-7-4-17-13-29(21(30)20(17)12-19)14-24(22(31)26-23(32)27-24)9-8-16-2-5-18(6-3-16)28-11-10-25-15-28;1-33-18-7-4-16-11-28(20(30)19(16)10-18)12-23(21(31)26-22(32)27-23)9-8-15-2-5-17(6-3-15)29-14-24-13-25-29/h3-9,12-13,32H,14-15H2,1-2H3,(H2,29,30,34,35);3-8,11-12H,13-14H2,1-2H3,(H,28,32)(H2,29,30,34,35);2-7,10-12,15H,13-14H2,1H3,(H2,26,27,31,32);2-7,10,13-14H,11-12H2,1H3,(H2,26,27,31,32)/t27-;26-;24-;23-/m1111/s1. The van der Waals surface area contributed by atoms with Crippen molar-refractivity contribution in [2.75, 3.05) is 54.6 Å². The number of ether oxygens (including phenoxy) is 4. The molecule has 16 amide bonds. The molecular formula is C100H80N20O18. The van der Waals surface area contributed by atoms with E-state index in [9.17, 15) is 67.4 Å². The normalized spacial score (nSPS) is 18.6. The van der Waals surface area contributed by atoms with Crippen molar-refractivity contribution in [3.05, 3.63) is 308 Å². The predicted molar refractivity (Wildman–Crippen MR) is 492 cm³/mol. The summed E-state index contributed by atoms with van der Waals surface area (Å²) in [6.07, 6.45) is 11.2. The minimum atomic E-state index is -1.63. The second-order valence-electron chi connectivity index (χ2n) is 32.6. The zero-order valence-corrected chi connectivity index (χ0v) is 74.2. The molecule has 12 aromatic rings. The number of imide groups is 4. The third kappa shape index (κ3) is 18.7. The lowest BCUT2D eigenvalue weighted by atomic mass is 9.99. The van der Waals surface area contributed by atoms with Crippen molar-refractivity contribution >= 4 is 71.4 Å². The van der Waals surface area contributed by atoms with Crippen molar-refractivity contribution in [1.82, 2.24) is 101 Å². The number of phenolic OH excluding ortho intramolecular Hbond substituents is 1. The molecule has 0 unspecified atom stereocenters. The average molecular weight is 1850 g/mol. The number of para-hydroxylation sites is 1. The highest BCUT2D eigenvalue weighted by molar-refractivity contribution is 6.13. The third-order valence-corrected chi connectivity index (χ3v) is 23.5. The smallest absolute Gasteiger partial charge is 0.323 e. The molecule has 8 aliphatic rings. The van der Waals surface area contributed by atoms with Crippen LogP contribution >= 0.6 is 0 Å². The van der Waals surface area contributed by atoms with Crippen molar-refractivity contribution in [2.45, 2.75) is 62.2 Å². The number of urea groups is 4. The monoisotopic (exact) mass is 1850 g/mol. The Morgan fingerprint density at radius 3 is 1.07 bits per heavy atom. The number of imidazole rings is 1. The Kier molecular flexibility index (Phi) is 24.8. The van der Waals surface area contributed by atoms with Gasteiger partial charge in [-0.05, 0) is 181 Å². The van der Waals surface area contributed by atoms with Crippen LogP contribution in [0.3, 0.4) is 0 Å². The summed E-state index contributed by atoms with van der Waals surface area (Å²) >= 11 is 0. The van der Waals surface area contributed by atoms with Gasteiger partial charge in [0.05, 0.1) is 83.6 Å². The van der Waals surface area contributed by atoms with Crippen LogP contribution in [0.25, 0.3) is 33.9 Å². The number of hydrogen-bond acceptors (Lipinski definition) is 23. The molecule has 38 heteroatoms. The number of aromatic hydroxyl groups is 1. The summed E-state index contributed by atoms with van der Waals surface area (Å²) in [5.41, 5.74) is 6.10. The van der Waals surface area contributed by atoms with Crippen LogP contribution in [0.1, 0.15) is 97.2 Å². The number of pyridine rings is 3. The Hall–Kier alpha value is -19.0. The maximum absolute atomic E-state index is 13.0. The summed E-state index contributed by atoms with van der Waals surface area (Å²) in [6, 6.07) is 48.5. The van der Waals surface area contributed by atoms with Crippen LogP contribution in [0, 0.1) is 61.2 Å². The number of phenols is 1.